The van der Waals surface area contributed by atoms with Gasteiger partial charge in [-0.3, -0.25) is 0 Å². The minimum absolute atomic E-state index is 0.230. The summed E-state index contributed by atoms with van der Waals surface area (Å²) in [5.41, 5.74) is 0.258. The molecule has 3 nitrogen and oxygen atoms in total. The fourth-order valence-electron chi connectivity index (χ4n) is 2.13. The lowest BCUT2D eigenvalue weighted by atomic mass is 10.2. The van der Waals surface area contributed by atoms with E-state index in [-0.39, 0.29) is 11.3 Å². The van der Waals surface area contributed by atoms with E-state index in [9.17, 15) is 15.0 Å². The van der Waals surface area contributed by atoms with Gasteiger partial charge in [-0.2, -0.15) is 0 Å². The Morgan fingerprint density at radius 2 is 1.50 bits per heavy atom. The molecule has 0 atom stereocenters. The van der Waals surface area contributed by atoms with Crippen molar-refractivity contribution in [2.45, 2.75) is 39.3 Å². The molecule has 5 heteroatoms. The lowest BCUT2D eigenvalue weighted by molar-refractivity contribution is 0.0698. The normalized spacial score (nSPS) is 12.6. The van der Waals surface area contributed by atoms with Gasteiger partial charge in [-0.25, -0.2) is 4.79 Å². The maximum atomic E-state index is 11.3. The van der Waals surface area contributed by atoms with E-state index in [0.717, 1.165) is 5.19 Å². The summed E-state index contributed by atoms with van der Waals surface area (Å²) in [4.78, 5) is 11.3. The van der Waals surface area contributed by atoms with Crippen molar-refractivity contribution >= 4 is 32.5 Å². The molecule has 0 aromatic heterocycles. The Bertz CT molecular complexity index is 482. The second kappa shape index (κ2) is 4.55. The molecule has 18 heavy (non-hydrogen) atoms. The van der Waals surface area contributed by atoms with Crippen molar-refractivity contribution in [2.24, 2.45) is 0 Å². The molecule has 0 saturated carbocycles. The third kappa shape index (κ3) is 2.84. The van der Waals surface area contributed by atoms with Crippen LogP contribution >= 0.6 is 0 Å². The number of rotatable bonds is 3. The van der Waals surface area contributed by atoms with Gasteiger partial charge in [0.1, 0.15) is 5.75 Å². The van der Waals surface area contributed by atoms with Crippen molar-refractivity contribution in [1.82, 2.24) is 0 Å². The summed E-state index contributed by atoms with van der Waals surface area (Å²) in [5, 5.41) is 21.4. The number of hydrogen-bond acceptors (Lipinski definition) is 2. The molecule has 0 amide bonds. The highest BCUT2D eigenvalue weighted by Gasteiger charge is 2.31. The molecule has 1 rings (SSSR count). The molecule has 0 radical (unpaired) electrons. The quantitative estimate of drug-likeness (QED) is 0.836. The minimum atomic E-state index is -1.90. The van der Waals surface area contributed by atoms with Gasteiger partial charge in [0.2, 0.25) is 0 Å². The molecule has 0 spiro atoms. The molecule has 0 aliphatic heterocycles. The largest absolute Gasteiger partial charge is 0.508 e. The summed E-state index contributed by atoms with van der Waals surface area (Å²) in [5.74, 6) is -0.724. The van der Waals surface area contributed by atoms with Crippen LogP contribution in [0.2, 0.25) is 39.3 Å². The number of hydrogen-bond donors (Lipinski definition) is 2. The molecule has 0 aliphatic carbocycles. The Kier molecular flexibility index (Phi) is 3.79. The lowest BCUT2D eigenvalue weighted by Gasteiger charge is -2.26. The van der Waals surface area contributed by atoms with Crippen molar-refractivity contribution in [1.29, 1.82) is 0 Å². The van der Waals surface area contributed by atoms with Gasteiger partial charge in [0.15, 0.2) is 0 Å². The molecule has 0 saturated heterocycles. The Balaban J connectivity index is 3.67. The summed E-state index contributed by atoms with van der Waals surface area (Å²) in [7, 11) is -3.57. The first-order valence-electron chi connectivity index (χ1n) is 6.06. The number of carboxylic acids is 1. The van der Waals surface area contributed by atoms with Crippen LogP contribution in [0.3, 0.4) is 0 Å². The molecule has 0 bridgehead atoms. The van der Waals surface area contributed by atoms with Gasteiger partial charge in [0.05, 0.1) is 21.7 Å². The molecule has 0 heterocycles. The monoisotopic (exact) mass is 282 g/mol. The molecule has 0 fully saturated rings. The van der Waals surface area contributed by atoms with E-state index in [4.69, 9.17) is 0 Å². The predicted octanol–water partition coefficient (Wildman–Crippen LogP) is 2.18. The number of aromatic carboxylic acids is 1. The van der Waals surface area contributed by atoms with Crippen LogP contribution in [0, 0.1) is 0 Å². The fourth-order valence-corrected chi connectivity index (χ4v) is 5.52. The van der Waals surface area contributed by atoms with E-state index >= 15 is 0 Å². The van der Waals surface area contributed by atoms with Crippen LogP contribution < -0.4 is 10.4 Å². The Morgan fingerprint density at radius 1 is 1.00 bits per heavy atom. The van der Waals surface area contributed by atoms with Gasteiger partial charge in [-0.1, -0.05) is 45.3 Å². The minimum Gasteiger partial charge on any atom is -0.508 e. The van der Waals surface area contributed by atoms with Crippen molar-refractivity contribution < 1.29 is 15.0 Å². The number of phenols is 1. The first kappa shape index (κ1) is 15.0. The maximum Gasteiger partial charge on any atom is 0.335 e. The number of phenolic OH excluding ortho intramolecular Hbond substituents is 1. The Labute approximate surface area is 110 Å². The summed E-state index contributed by atoms with van der Waals surface area (Å²) in [6.45, 7) is 12.6. The second-order valence-electron chi connectivity index (χ2n) is 6.69. The van der Waals surface area contributed by atoms with Crippen molar-refractivity contribution in [3.05, 3.63) is 17.7 Å². The molecular weight excluding hydrogens is 260 g/mol. The van der Waals surface area contributed by atoms with Crippen molar-refractivity contribution in [3.8, 4) is 5.75 Å². The summed E-state index contributed by atoms with van der Waals surface area (Å²) >= 11 is 0. The summed E-state index contributed by atoms with van der Waals surface area (Å²) in [6, 6.07) is 3.44. The van der Waals surface area contributed by atoms with Gasteiger partial charge in [-0.15, -0.1) is 0 Å². The zero-order valence-corrected chi connectivity index (χ0v) is 14.0. The van der Waals surface area contributed by atoms with E-state index in [0.29, 0.717) is 5.19 Å². The third-order valence-electron chi connectivity index (χ3n) is 2.97. The van der Waals surface area contributed by atoms with Gasteiger partial charge < -0.3 is 10.2 Å². The van der Waals surface area contributed by atoms with Crippen LogP contribution in [0.4, 0.5) is 0 Å². The van der Waals surface area contributed by atoms with Gasteiger partial charge in [-0.05, 0) is 16.4 Å². The van der Waals surface area contributed by atoms with Crippen LogP contribution in [0.5, 0.6) is 5.75 Å². The zero-order chi connectivity index (χ0) is 14.3. The summed E-state index contributed by atoms with van der Waals surface area (Å²) < 4.78 is 0. The maximum absolute atomic E-state index is 11.3. The molecule has 100 valence electrons. The van der Waals surface area contributed by atoms with Gasteiger partial charge in [0, 0.05) is 0 Å². The average Bonchev–Trinajstić information content (AvgIpc) is 2.12. The number of carbonyl (C=O) groups is 1. The zero-order valence-electron chi connectivity index (χ0n) is 12.0. The molecule has 0 unspecified atom stereocenters. The highest BCUT2D eigenvalue weighted by Crippen LogP contribution is 2.18. The molecular formula is C13H22O3Si2. The molecule has 2 N–H and O–H groups in total. The SMILES string of the molecule is C[Si](C)(C)c1ccc(C(=O)O)c([Si](C)(C)C)c1O. The standard InChI is InChI=1S/C13H22O3Si2/c1-17(2,3)10-8-7-9(13(15)16)12(11(10)14)18(4,5)6/h7-8,14H,1-6H3,(H,15,16). The van der Waals surface area contributed by atoms with Crippen molar-refractivity contribution in [3.63, 3.8) is 0 Å². The highest BCUT2D eigenvalue weighted by atomic mass is 28.3. The van der Waals surface area contributed by atoms with E-state index in [1.807, 2.05) is 0 Å². The van der Waals surface area contributed by atoms with Crippen LogP contribution in [0.15, 0.2) is 12.1 Å². The van der Waals surface area contributed by atoms with Gasteiger partial charge in [0.25, 0.3) is 0 Å². The van der Waals surface area contributed by atoms with Crippen LogP contribution in [0.25, 0.3) is 0 Å². The van der Waals surface area contributed by atoms with E-state index in [2.05, 4.69) is 39.3 Å². The van der Waals surface area contributed by atoms with Gasteiger partial charge >= 0.3 is 5.97 Å². The summed E-state index contributed by atoms with van der Waals surface area (Å²) in [6.07, 6.45) is 0. The number of carboxylic acid groups (broad SMARTS) is 1. The first-order chi connectivity index (χ1) is 7.96. The topological polar surface area (TPSA) is 57.5 Å². The van der Waals surface area contributed by atoms with E-state index < -0.39 is 22.1 Å². The first-order valence-corrected chi connectivity index (χ1v) is 13.1. The third-order valence-corrected chi connectivity index (χ3v) is 6.99. The fraction of sp³-hybridized carbons (Fsp3) is 0.462. The van der Waals surface area contributed by atoms with Crippen LogP contribution in [0.1, 0.15) is 10.4 Å². The number of aromatic hydroxyl groups is 1. The Morgan fingerprint density at radius 3 is 1.83 bits per heavy atom. The van der Waals surface area contributed by atoms with E-state index in [1.54, 1.807) is 12.1 Å². The molecule has 1 aromatic carbocycles. The lowest BCUT2D eigenvalue weighted by Crippen LogP contribution is -2.47. The number of benzene rings is 1. The van der Waals surface area contributed by atoms with Crippen molar-refractivity contribution in [2.75, 3.05) is 0 Å². The second-order valence-corrected chi connectivity index (χ2v) is 16.7. The highest BCUT2D eigenvalue weighted by molar-refractivity contribution is 6.93. The van der Waals surface area contributed by atoms with Crippen LogP contribution in [-0.4, -0.2) is 32.3 Å². The average molecular weight is 282 g/mol. The molecule has 1 aromatic rings. The van der Waals surface area contributed by atoms with E-state index in [1.165, 1.54) is 0 Å². The predicted molar refractivity (Wildman–Crippen MR) is 81.0 cm³/mol. The smallest absolute Gasteiger partial charge is 0.335 e. The van der Waals surface area contributed by atoms with Crippen LogP contribution in [-0.2, 0) is 0 Å². The Hall–Kier alpha value is -1.08. The molecule has 0 aliphatic rings.